The molecule has 1 heterocycles. The summed E-state index contributed by atoms with van der Waals surface area (Å²) in [6.07, 6.45) is 3.86. The van der Waals surface area contributed by atoms with Crippen molar-refractivity contribution < 1.29 is 9.53 Å². The van der Waals surface area contributed by atoms with Crippen LogP contribution in [0.1, 0.15) is 25.7 Å². The molecule has 1 amide bonds. The van der Waals surface area contributed by atoms with Crippen LogP contribution in [0.5, 0.6) is 5.75 Å². The summed E-state index contributed by atoms with van der Waals surface area (Å²) in [6, 6.07) is 5.20. The van der Waals surface area contributed by atoms with Gasteiger partial charge in [0.1, 0.15) is 5.75 Å². The maximum absolute atomic E-state index is 12.0. The number of amides is 1. The third-order valence-electron chi connectivity index (χ3n) is 3.61. The van der Waals surface area contributed by atoms with E-state index in [1.54, 1.807) is 25.3 Å². The maximum Gasteiger partial charge on any atom is 0.224 e. The van der Waals surface area contributed by atoms with Gasteiger partial charge in [0.2, 0.25) is 5.91 Å². The molecule has 1 unspecified atom stereocenters. The number of carbonyl (C=O) groups is 1. The van der Waals surface area contributed by atoms with Crippen molar-refractivity contribution in [2.75, 3.05) is 25.5 Å². The molecule has 110 valence electrons. The number of methoxy groups -OCH3 is 1. The van der Waals surface area contributed by atoms with E-state index in [9.17, 15) is 4.79 Å². The van der Waals surface area contributed by atoms with Gasteiger partial charge in [0.25, 0.3) is 0 Å². The molecule has 2 N–H and O–H groups in total. The van der Waals surface area contributed by atoms with Gasteiger partial charge in [-0.2, -0.15) is 0 Å². The average Bonchev–Trinajstić information content (AvgIpc) is 2.46. The number of piperidine rings is 1. The van der Waals surface area contributed by atoms with Crippen LogP contribution < -0.4 is 15.4 Å². The summed E-state index contributed by atoms with van der Waals surface area (Å²) in [7, 11) is 1.58. The zero-order chi connectivity index (χ0) is 14.4. The van der Waals surface area contributed by atoms with E-state index in [1.165, 1.54) is 12.8 Å². The fraction of sp³-hybridized carbons (Fsp3) is 0.533. The predicted octanol–water partition coefficient (Wildman–Crippen LogP) is 3.07. The fourth-order valence-corrected chi connectivity index (χ4v) is 2.67. The standard InChI is InChI=1S/C15H21ClN2O2/c1-20-14-6-5-12(16)9-13(14)18-15(19)7-4-11-3-2-8-17-10-11/h5-6,9,11,17H,2-4,7-8,10H2,1H3,(H,18,19). The number of rotatable bonds is 5. The summed E-state index contributed by atoms with van der Waals surface area (Å²) in [6.45, 7) is 2.12. The first kappa shape index (κ1) is 15.1. The molecule has 1 fully saturated rings. The Morgan fingerprint density at radius 2 is 2.40 bits per heavy atom. The Morgan fingerprint density at radius 3 is 3.10 bits per heavy atom. The zero-order valence-corrected chi connectivity index (χ0v) is 12.5. The van der Waals surface area contributed by atoms with Crippen molar-refractivity contribution in [3.05, 3.63) is 23.2 Å². The highest BCUT2D eigenvalue weighted by molar-refractivity contribution is 6.31. The largest absolute Gasteiger partial charge is 0.495 e. The van der Waals surface area contributed by atoms with E-state index in [0.29, 0.717) is 28.8 Å². The van der Waals surface area contributed by atoms with Gasteiger partial charge < -0.3 is 15.4 Å². The highest BCUT2D eigenvalue weighted by atomic mass is 35.5. The van der Waals surface area contributed by atoms with Crippen molar-refractivity contribution in [1.82, 2.24) is 5.32 Å². The molecular weight excluding hydrogens is 276 g/mol. The van der Waals surface area contributed by atoms with E-state index in [-0.39, 0.29) is 5.91 Å². The quantitative estimate of drug-likeness (QED) is 0.878. The molecule has 0 spiro atoms. The van der Waals surface area contributed by atoms with Crippen molar-refractivity contribution in [2.45, 2.75) is 25.7 Å². The van der Waals surface area contributed by atoms with Crippen molar-refractivity contribution in [2.24, 2.45) is 5.92 Å². The number of anilines is 1. The molecule has 5 heteroatoms. The molecule has 20 heavy (non-hydrogen) atoms. The van der Waals surface area contributed by atoms with E-state index in [1.807, 2.05) is 0 Å². The fourth-order valence-electron chi connectivity index (χ4n) is 2.50. The Morgan fingerprint density at radius 1 is 1.55 bits per heavy atom. The normalized spacial score (nSPS) is 18.6. The number of hydrogen-bond donors (Lipinski definition) is 2. The number of hydrogen-bond acceptors (Lipinski definition) is 3. The lowest BCUT2D eigenvalue weighted by Crippen LogP contribution is -2.30. The van der Waals surface area contributed by atoms with Crippen LogP contribution in [0.15, 0.2) is 18.2 Å². The van der Waals surface area contributed by atoms with E-state index in [0.717, 1.165) is 19.5 Å². The van der Waals surface area contributed by atoms with Crippen LogP contribution in [-0.2, 0) is 4.79 Å². The molecule has 1 aromatic carbocycles. The summed E-state index contributed by atoms with van der Waals surface area (Å²) in [5.74, 6) is 1.24. The molecule has 1 atom stereocenters. The summed E-state index contributed by atoms with van der Waals surface area (Å²) in [5, 5.41) is 6.82. The molecule has 4 nitrogen and oxygen atoms in total. The molecule has 0 bridgehead atoms. The van der Waals surface area contributed by atoms with Gasteiger partial charge in [-0.1, -0.05) is 11.6 Å². The van der Waals surface area contributed by atoms with Crippen LogP contribution in [0.25, 0.3) is 0 Å². The van der Waals surface area contributed by atoms with Crippen molar-refractivity contribution in [1.29, 1.82) is 0 Å². The SMILES string of the molecule is COc1ccc(Cl)cc1NC(=O)CCC1CCCNC1. The number of carbonyl (C=O) groups excluding carboxylic acids is 1. The summed E-state index contributed by atoms with van der Waals surface area (Å²) in [5.41, 5.74) is 0.631. The Balaban J connectivity index is 1.86. The molecule has 0 aliphatic carbocycles. The minimum Gasteiger partial charge on any atom is -0.495 e. The molecule has 1 aliphatic heterocycles. The number of ether oxygens (including phenoxy) is 1. The van der Waals surface area contributed by atoms with Gasteiger partial charge in [-0.25, -0.2) is 0 Å². The molecule has 0 saturated carbocycles. The molecule has 1 saturated heterocycles. The van der Waals surface area contributed by atoms with Crippen molar-refractivity contribution in [3.63, 3.8) is 0 Å². The summed E-state index contributed by atoms with van der Waals surface area (Å²) >= 11 is 5.94. The van der Waals surface area contributed by atoms with Crippen LogP contribution in [0.2, 0.25) is 5.02 Å². The molecule has 1 aliphatic rings. The van der Waals surface area contributed by atoms with Crippen LogP contribution in [0, 0.1) is 5.92 Å². The molecular formula is C15H21ClN2O2. The second-order valence-corrected chi connectivity index (χ2v) is 5.58. The number of benzene rings is 1. The molecule has 1 aromatic rings. The van der Waals surface area contributed by atoms with Crippen LogP contribution in [0.4, 0.5) is 5.69 Å². The smallest absolute Gasteiger partial charge is 0.224 e. The minimum atomic E-state index is 0.0103. The Hall–Kier alpha value is -1.26. The van der Waals surface area contributed by atoms with Crippen LogP contribution in [0.3, 0.4) is 0 Å². The van der Waals surface area contributed by atoms with Gasteiger partial charge in [0.15, 0.2) is 0 Å². The molecule has 0 aromatic heterocycles. The summed E-state index contributed by atoms with van der Waals surface area (Å²) in [4.78, 5) is 12.0. The Bertz CT molecular complexity index is 459. The van der Waals surface area contributed by atoms with Crippen LogP contribution in [-0.4, -0.2) is 26.1 Å². The molecule has 2 rings (SSSR count). The lowest BCUT2D eigenvalue weighted by atomic mass is 9.94. The third kappa shape index (κ3) is 4.39. The first-order valence-corrected chi connectivity index (χ1v) is 7.41. The van der Waals surface area contributed by atoms with E-state index in [4.69, 9.17) is 16.3 Å². The van der Waals surface area contributed by atoms with Gasteiger partial charge in [-0.05, 0) is 56.5 Å². The third-order valence-corrected chi connectivity index (χ3v) is 3.85. The number of halogens is 1. The van der Waals surface area contributed by atoms with E-state index < -0.39 is 0 Å². The second kappa shape index (κ2) is 7.50. The average molecular weight is 297 g/mol. The van der Waals surface area contributed by atoms with E-state index in [2.05, 4.69) is 10.6 Å². The summed E-state index contributed by atoms with van der Waals surface area (Å²) < 4.78 is 5.21. The highest BCUT2D eigenvalue weighted by Gasteiger charge is 2.15. The zero-order valence-electron chi connectivity index (χ0n) is 11.7. The first-order chi connectivity index (χ1) is 9.69. The maximum atomic E-state index is 12.0. The predicted molar refractivity (Wildman–Crippen MR) is 81.5 cm³/mol. The lowest BCUT2D eigenvalue weighted by Gasteiger charge is -2.22. The molecule has 0 radical (unpaired) electrons. The lowest BCUT2D eigenvalue weighted by molar-refractivity contribution is -0.116. The van der Waals surface area contributed by atoms with E-state index >= 15 is 0 Å². The first-order valence-electron chi connectivity index (χ1n) is 7.03. The van der Waals surface area contributed by atoms with Gasteiger partial charge in [0.05, 0.1) is 12.8 Å². The minimum absolute atomic E-state index is 0.0103. The monoisotopic (exact) mass is 296 g/mol. The van der Waals surface area contributed by atoms with Gasteiger partial charge in [-0.3, -0.25) is 4.79 Å². The topological polar surface area (TPSA) is 50.4 Å². The van der Waals surface area contributed by atoms with Crippen molar-refractivity contribution >= 4 is 23.2 Å². The number of nitrogens with one attached hydrogen (secondary N) is 2. The second-order valence-electron chi connectivity index (χ2n) is 5.14. The highest BCUT2D eigenvalue weighted by Crippen LogP contribution is 2.28. The van der Waals surface area contributed by atoms with Gasteiger partial charge in [-0.15, -0.1) is 0 Å². The van der Waals surface area contributed by atoms with Gasteiger partial charge >= 0.3 is 0 Å². The van der Waals surface area contributed by atoms with Gasteiger partial charge in [0, 0.05) is 11.4 Å². The Kier molecular flexibility index (Phi) is 5.68. The van der Waals surface area contributed by atoms with Crippen molar-refractivity contribution in [3.8, 4) is 5.75 Å². The Labute approximate surface area is 124 Å². The van der Waals surface area contributed by atoms with Crippen LogP contribution >= 0.6 is 11.6 Å².